The van der Waals surface area contributed by atoms with Crippen molar-refractivity contribution in [2.45, 2.75) is 45.6 Å². The summed E-state index contributed by atoms with van der Waals surface area (Å²) in [5.74, 6) is -1.30. The van der Waals surface area contributed by atoms with Gasteiger partial charge in [0.25, 0.3) is 5.91 Å². The van der Waals surface area contributed by atoms with Crippen LogP contribution in [0.2, 0.25) is 0 Å². The van der Waals surface area contributed by atoms with E-state index in [1.807, 2.05) is 19.9 Å². The Labute approximate surface area is 116 Å². The van der Waals surface area contributed by atoms with Crippen molar-refractivity contribution in [1.29, 1.82) is 0 Å². The summed E-state index contributed by atoms with van der Waals surface area (Å²) in [7, 11) is 0. The largest absolute Gasteiger partial charge is 0.480 e. The van der Waals surface area contributed by atoms with Crippen LogP contribution >= 0.6 is 11.3 Å². The Balaban J connectivity index is 2.08. The number of rotatable bonds is 5. The molecule has 5 heteroatoms. The maximum Gasteiger partial charge on any atom is 0.326 e. The predicted molar refractivity (Wildman–Crippen MR) is 74.7 cm³/mol. The molecule has 1 aliphatic rings. The van der Waals surface area contributed by atoms with Crippen LogP contribution in [0.4, 0.5) is 0 Å². The molecule has 0 bridgehead atoms. The molecule has 1 amide bonds. The molecule has 2 N–H and O–H groups in total. The zero-order valence-electron chi connectivity index (χ0n) is 11.2. The number of aliphatic carboxylic acids is 1. The first-order valence-electron chi connectivity index (χ1n) is 6.68. The van der Waals surface area contributed by atoms with Crippen molar-refractivity contribution in [1.82, 2.24) is 5.32 Å². The van der Waals surface area contributed by atoms with Crippen LogP contribution in [-0.4, -0.2) is 23.0 Å². The molecule has 1 unspecified atom stereocenters. The van der Waals surface area contributed by atoms with Crippen LogP contribution in [0.25, 0.3) is 0 Å². The number of carbonyl (C=O) groups excluding carboxylic acids is 1. The van der Waals surface area contributed by atoms with Gasteiger partial charge < -0.3 is 10.4 Å². The summed E-state index contributed by atoms with van der Waals surface area (Å²) in [6, 6.07) is 1.10. The van der Waals surface area contributed by atoms with Gasteiger partial charge in [0.15, 0.2) is 0 Å². The number of hydrogen-bond donors (Lipinski definition) is 2. The van der Waals surface area contributed by atoms with Crippen LogP contribution < -0.4 is 5.32 Å². The highest BCUT2D eigenvalue weighted by atomic mass is 32.1. The van der Waals surface area contributed by atoms with Crippen molar-refractivity contribution in [2.75, 3.05) is 0 Å². The van der Waals surface area contributed by atoms with Crippen molar-refractivity contribution >= 4 is 23.2 Å². The molecule has 0 saturated heterocycles. The molecule has 104 valence electrons. The van der Waals surface area contributed by atoms with E-state index in [0.29, 0.717) is 4.88 Å². The lowest BCUT2D eigenvalue weighted by Crippen LogP contribution is -2.44. The summed E-state index contributed by atoms with van der Waals surface area (Å²) in [6.45, 7) is 3.76. The van der Waals surface area contributed by atoms with Gasteiger partial charge in [0, 0.05) is 4.88 Å². The van der Waals surface area contributed by atoms with Crippen LogP contribution in [-0.2, 0) is 17.6 Å². The Hall–Kier alpha value is -1.36. The van der Waals surface area contributed by atoms with Gasteiger partial charge in [-0.3, -0.25) is 4.79 Å². The van der Waals surface area contributed by atoms with Gasteiger partial charge in [-0.2, -0.15) is 0 Å². The molecular formula is C14H19NO3S. The first kappa shape index (κ1) is 14.1. The van der Waals surface area contributed by atoms with Crippen molar-refractivity contribution in [3.63, 3.8) is 0 Å². The van der Waals surface area contributed by atoms with E-state index < -0.39 is 12.0 Å². The van der Waals surface area contributed by atoms with Gasteiger partial charge in [0.1, 0.15) is 6.04 Å². The number of carboxylic acid groups (broad SMARTS) is 1. The van der Waals surface area contributed by atoms with Crippen LogP contribution in [0.5, 0.6) is 0 Å². The second-order valence-electron chi connectivity index (χ2n) is 5.09. The third kappa shape index (κ3) is 2.97. The molecule has 0 saturated carbocycles. The van der Waals surface area contributed by atoms with E-state index >= 15 is 0 Å². The average Bonchev–Trinajstić information content (AvgIpc) is 2.94. The molecule has 2 atom stereocenters. The number of thiophene rings is 1. The number of hydrogen-bond acceptors (Lipinski definition) is 3. The highest BCUT2D eigenvalue weighted by Gasteiger charge is 2.27. The minimum atomic E-state index is -0.966. The molecule has 0 aliphatic heterocycles. The lowest BCUT2D eigenvalue weighted by Gasteiger charge is -2.19. The van der Waals surface area contributed by atoms with Gasteiger partial charge in [-0.1, -0.05) is 20.3 Å². The Morgan fingerprint density at radius 1 is 1.47 bits per heavy atom. The smallest absolute Gasteiger partial charge is 0.326 e. The number of fused-ring (bicyclic) bond motifs is 1. The summed E-state index contributed by atoms with van der Waals surface area (Å²) in [6.07, 6.45) is 3.96. The van der Waals surface area contributed by atoms with Crippen molar-refractivity contribution in [3.05, 3.63) is 21.4 Å². The summed E-state index contributed by atoms with van der Waals surface area (Å²) < 4.78 is 0. The predicted octanol–water partition coefficient (Wildman–Crippen LogP) is 2.47. The van der Waals surface area contributed by atoms with Crippen LogP contribution in [0, 0.1) is 5.92 Å². The zero-order chi connectivity index (χ0) is 14.0. The maximum absolute atomic E-state index is 12.1. The SMILES string of the molecule is CCC(C)[C@H](NC(=O)c1cc2c(s1)CCC2)C(=O)O. The lowest BCUT2D eigenvalue weighted by atomic mass is 9.99. The highest BCUT2D eigenvalue weighted by molar-refractivity contribution is 7.14. The molecule has 0 radical (unpaired) electrons. The monoisotopic (exact) mass is 281 g/mol. The van der Waals surface area contributed by atoms with Gasteiger partial charge in [-0.15, -0.1) is 11.3 Å². The average molecular weight is 281 g/mol. The molecule has 1 aromatic heterocycles. The van der Waals surface area contributed by atoms with Gasteiger partial charge in [-0.05, 0) is 36.8 Å². The lowest BCUT2D eigenvalue weighted by molar-refractivity contribution is -0.140. The summed E-state index contributed by atoms with van der Waals surface area (Å²) >= 11 is 1.50. The molecule has 1 aromatic rings. The summed E-state index contributed by atoms with van der Waals surface area (Å²) in [4.78, 5) is 25.2. The molecule has 1 heterocycles. The maximum atomic E-state index is 12.1. The number of carboxylic acids is 1. The fourth-order valence-corrected chi connectivity index (χ4v) is 3.49. The Kier molecular flexibility index (Phi) is 4.24. The highest BCUT2D eigenvalue weighted by Crippen LogP contribution is 2.30. The quantitative estimate of drug-likeness (QED) is 0.871. The van der Waals surface area contributed by atoms with E-state index in [1.165, 1.54) is 21.8 Å². The minimum Gasteiger partial charge on any atom is -0.480 e. The van der Waals surface area contributed by atoms with E-state index in [9.17, 15) is 14.7 Å². The van der Waals surface area contributed by atoms with E-state index in [-0.39, 0.29) is 11.8 Å². The first-order chi connectivity index (χ1) is 9.02. The standard InChI is InChI=1S/C14H19NO3S/c1-3-8(2)12(14(17)18)15-13(16)11-7-9-5-4-6-10(9)19-11/h7-8,12H,3-6H2,1-2H3,(H,15,16)(H,17,18)/t8?,12-/m0/s1. The van der Waals surface area contributed by atoms with E-state index in [1.54, 1.807) is 0 Å². The van der Waals surface area contributed by atoms with Gasteiger partial charge >= 0.3 is 5.97 Å². The zero-order valence-corrected chi connectivity index (χ0v) is 12.0. The van der Waals surface area contributed by atoms with Gasteiger partial charge in [0.2, 0.25) is 0 Å². The van der Waals surface area contributed by atoms with Crippen LogP contribution in [0.1, 0.15) is 46.8 Å². The Morgan fingerprint density at radius 2 is 2.21 bits per heavy atom. The van der Waals surface area contributed by atoms with Crippen LogP contribution in [0.15, 0.2) is 6.07 Å². The molecular weight excluding hydrogens is 262 g/mol. The number of amides is 1. The van der Waals surface area contributed by atoms with E-state index in [0.717, 1.165) is 25.7 Å². The van der Waals surface area contributed by atoms with Crippen LogP contribution in [0.3, 0.4) is 0 Å². The molecule has 0 aromatic carbocycles. The number of aryl methyl sites for hydroxylation is 2. The van der Waals surface area contributed by atoms with Gasteiger partial charge in [0.05, 0.1) is 4.88 Å². The van der Waals surface area contributed by atoms with Crippen molar-refractivity contribution in [3.8, 4) is 0 Å². The normalized spacial score (nSPS) is 16.7. The minimum absolute atomic E-state index is 0.0757. The first-order valence-corrected chi connectivity index (χ1v) is 7.49. The molecule has 4 nitrogen and oxygen atoms in total. The van der Waals surface area contributed by atoms with Crippen molar-refractivity contribution < 1.29 is 14.7 Å². The molecule has 19 heavy (non-hydrogen) atoms. The molecule has 0 fully saturated rings. The molecule has 0 spiro atoms. The fraction of sp³-hybridized carbons (Fsp3) is 0.571. The second-order valence-corrected chi connectivity index (χ2v) is 6.22. The van der Waals surface area contributed by atoms with E-state index in [2.05, 4.69) is 5.32 Å². The number of carbonyl (C=O) groups is 2. The molecule has 2 rings (SSSR count). The van der Waals surface area contributed by atoms with E-state index in [4.69, 9.17) is 0 Å². The van der Waals surface area contributed by atoms with Gasteiger partial charge in [-0.25, -0.2) is 4.79 Å². The summed E-state index contributed by atoms with van der Waals surface area (Å²) in [5.41, 5.74) is 1.26. The third-order valence-corrected chi connectivity index (χ3v) is 4.97. The topological polar surface area (TPSA) is 66.4 Å². The third-order valence-electron chi connectivity index (χ3n) is 3.74. The second kappa shape index (κ2) is 5.74. The Morgan fingerprint density at radius 3 is 2.79 bits per heavy atom. The fourth-order valence-electron chi connectivity index (χ4n) is 2.34. The molecule has 1 aliphatic carbocycles. The van der Waals surface area contributed by atoms with Crippen molar-refractivity contribution in [2.24, 2.45) is 5.92 Å². The Bertz CT molecular complexity index is 473. The number of nitrogens with one attached hydrogen (secondary N) is 1. The summed E-state index contributed by atoms with van der Waals surface area (Å²) in [5, 5.41) is 11.8.